The maximum atomic E-state index is 10.9. The smallest absolute Gasteiger partial charge is 0.277 e. The third kappa shape index (κ3) is 2.43. The van der Waals surface area contributed by atoms with Crippen molar-refractivity contribution < 1.29 is 10.0 Å². The summed E-state index contributed by atoms with van der Waals surface area (Å²) in [6, 6.07) is 1.86. The van der Waals surface area contributed by atoms with Crippen LogP contribution in [0.4, 0.5) is 11.5 Å². The summed E-state index contributed by atoms with van der Waals surface area (Å²) >= 11 is 0. The van der Waals surface area contributed by atoms with E-state index in [9.17, 15) is 10.1 Å². The molecule has 1 fully saturated rings. The molecule has 18 heavy (non-hydrogen) atoms. The Morgan fingerprint density at radius 3 is 2.83 bits per heavy atom. The van der Waals surface area contributed by atoms with Gasteiger partial charge in [0.25, 0.3) is 5.69 Å². The van der Waals surface area contributed by atoms with Crippen molar-refractivity contribution in [3.8, 4) is 0 Å². The van der Waals surface area contributed by atoms with Crippen LogP contribution in [0.5, 0.6) is 0 Å². The van der Waals surface area contributed by atoms with E-state index in [2.05, 4.69) is 4.98 Å². The van der Waals surface area contributed by atoms with E-state index in [1.807, 2.05) is 4.90 Å². The molecule has 1 saturated carbocycles. The molecule has 0 amide bonds. The molecular weight excluding hydrogens is 234 g/mol. The summed E-state index contributed by atoms with van der Waals surface area (Å²) in [6.07, 6.45) is 4.81. The van der Waals surface area contributed by atoms with Crippen molar-refractivity contribution in [2.45, 2.75) is 32.2 Å². The van der Waals surface area contributed by atoms with Gasteiger partial charge in [0, 0.05) is 24.3 Å². The van der Waals surface area contributed by atoms with Gasteiger partial charge in [-0.05, 0) is 26.2 Å². The molecule has 0 spiro atoms. The van der Waals surface area contributed by atoms with Crippen molar-refractivity contribution in [2.75, 3.05) is 18.1 Å². The largest absolute Gasteiger partial charge is 0.395 e. The van der Waals surface area contributed by atoms with Gasteiger partial charge in [0.2, 0.25) is 0 Å². The van der Waals surface area contributed by atoms with Gasteiger partial charge >= 0.3 is 0 Å². The number of nitrogens with zero attached hydrogens (tertiary/aromatic N) is 3. The number of aliphatic hydroxyl groups is 1. The summed E-state index contributed by atoms with van der Waals surface area (Å²) in [7, 11) is 0. The zero-order valence-electron chi connectivity index (χ0n) is 10.4. The van der Waals surface area contributed by atoms with Crippen LogP contribution in [0, 0.1) is 17.0 Å². The monoisotopic (exact) mass is 251 g/mol. The number of anilines is 1. The van der Waals surface area contributed by atoms with E-state index in [1.165, 1.54) is 18.7 Å². The number of hydrogen-bond donors (Lipinski definition) is 1. The third-order valence-electron chi connectivity index (χ3n) is 3.41. The Balaban J connectivity index is 2.29. The Labute approximate surface area is 105 Å². The lowest BCUT2D eigenvalue weighted by Gasteiger charge is -2.38. The quantitative estimate of drug-likeness (QED) is 0.635. The molecule has 6 heteroatoms. The number of hydrogen-bond acceptors (Lipinski definition) is 5. The molecule has 1 aliphatic carbocycles. The van der Waals surface area contributed by atoms with Crippen LogP contribution in [-0.2, 0) is 0 Å². The number of aromatic nitrogens is 1. The molecule has 2 rings (SSSR count). The van der Waals surface area contributed by atoms with Crippen LogP contribution in [0.3, 0.4) is 0 Å². The number of aryl methyl sites for hydroxylation is 1. The highest BCUT2D eigenvalue weighted by Gasteiger charge is 2.27. The molecular formula is C12H17N3O3. The Morgan fingerprint density at radius 1 is 1.61 bits per heavy atom. The predicted molar refractivity (Wildman–Crippen MR) is 67.7 cm³/mol. The minimum Gasteiger partial charge on any atom is -0.395 e. The zero-order chi connectivity index (χ0) is 13.1. The van der Waals surface area contributed by atoms with Crippen LogP contribution in [0.15, 0.2) is 12.3 Å². The van der Waals surface area contributed by atoms with Crippen molar-refractivity contribution in [3.05, 3.63) is 27.9 Å². The molecule has 1 aromatic heterocycles. The highest BCUT2D eigenvalue weighted by atomic mass is 16.6. The lowest BCUT2D eigenvalue weighted by molar-refractivity contribution is -0.385. The molecule has 0 radical (unpaired) electrons. The molecule has 0 aliphatic heterocycles. The molecule has 0 saturated heterocycles. The first-order chi connectivity index (χ1) is 8.63. The summed E-state index contributed by atoms with van der Waals surface area (Å²) in [5.74, 6) is 0.589. The fourth-order valence-corrected chi connectivity index (χ4v) is 2.15. The standard InChI is InChI=1S/C12H17N3O3/c1-9-8-13-12(7-11(9)15(17)18)14(5-6-16)10-3-2-4-10/h7-8,10,16H,2-6H2,1H3. The van der Waals surface area contributed by atoms with Gasteiger partial charge < -0.3 is 10.0 Å². The summed E-state index contributed by atoms with van der Waals surface area (Å²) in [5, 5.41) is 20.0. The second-order valence-corrected chi connectivity index (χ2v) is 4.59. The molecule has 1 aromatic rings. The van der Waals surface area contributed by atoms with Crippen LogP contribution in [-0.4, -0.2) is 34.2 Å². The predicted octanol–water partition coefficient (Wildman–Crippen LogP) is 1.65. The molecule has 1 N–H and O–H groups in total. The van der Waals surface area contributed by atoms with Gasteiger partial charge in [-0.25, -0.2) is 4.98 Å². The highest BCUT2D eigenvalue weighted by Crippen LogP contribution is 2.30. The molecule has 6 nitrogen and oxygen atoms in total. The van der Waals surface area contributed by atoms with E-state index in [4.69, 9.17) is 5.11 Å². The first-order valence-electron chi connectivity index (χ1n) is 6.12. The second-order valence-electron chi connectivity index (χ2n) is 4.59. The molecule has 0 bridgehead atoms. The van der Waals surface area contributed by atoms with Crippen LogP contribution >= 0.6 is 0 Å². The maximum absolute atomic E-state index is 10.9. The van der Waals surface area contributed by atoms with E-state index in [1.54, 1.807) is 6.92 Å². The minimum absolute atomic E-state index is 0.0276. The summed E-state index contributed by atoms with van der Waals surface area (Å²) in [4.78, 5) is 16.7. The average molecular weight is 251 g/mol. The fraction of sp³-hybridized carbons (Fsp3) is 0.583. The third-order valence-corrected chi connectivity index (χ3v) is 3.41. The maximum Gasteiger partial charge on any atom is 0.277 e. The van der Waals surface area contributed by atoms with Crippen LogP contribution in [0.2, 0.25) is 0 Å². The number of nitro groups is 1. The molecule has 1 aliphatic rings. The van der Waals surface area contributed by atoms with E-state index in [-0.39, 0.29) is 12.3 Å². The van der Waals surface area contributed by atoms with Crippen molar-refractivity contribution in [3.63, 3.8) is 0 Å². The van der Waals surface area contributed by atoms with Gasteiger partial charge in [-0.3, -0.25) is 10.1 Å². The molecule has 1 heterocycles. The number of pyridine rings is 1. The molecule has 98 valence electrons. The van der Waals surface area contributed by atoms with Crippen LogP contribution in [0.25, 0.3) is 0 Å². The summed E-state index contributed by atoms with van der Waals surface area (Å²) < 4.78 is 0. The van der Waals surface area contributed by atoms with Gasteiger partial charge in [-0.2, -0.15) is 0 Å². The van der Waals surface area contributed by atoms with Crippen molar-refractivity contribution in [2.24, 2.45) is 0 Å². The van der Waals surface area contributed by atoms with Gasteiger partial charge in [0.05, 0.1) is 17.6 Å². The normalized spacial score (nSPS) is 15.2. The molecule has 0 unspecified atom stereocenters. The van der Waals surface area contributed by atoms with Crippen molar-refractivity contribution >= 4 is 11.5 Å². The summed E-state index contributed by atoms with van der Waals surface area (Å²) in [6.45, 7) is 2.17. The Bertz CT molecular complexity index is 446. The number of aliphatic hydroxyl groups excluding tert-OH is 1. The van der Waals surface area contributed by atoms with E-state index in [0.29, 0.717) is 24.0 Å². The Hall–Kier alpha value is -1.69. The Kier molecular flexibility index (Phi) is 3.76. The van der Waals surface area contributed by atoms with Gasteiger partial charge in [0.1, 0.15) is 5.82 Å². The zero-order valence-corrected chi connectivity index (χ0v) is 10.4. The van der Waals surface area contributed by atoms with Gasteiger partial charge in [0.15, 0.2) is 0 Å². The van der Waals surface area contributed by atoms with Crippen molar-refractivity contribution in [1.29, 1.82) is 0 Å². The first kappa shape index (κ1) is 12.8. The van der Waals surface area contributed by atoms with Crippen LogP contribution in [0.1, 0.15) is 24.8 Å². The van der Waals surface area contributed by atoms with E-state index >= 15 is 0 Å². The fourth-order valence-electron chi connectivity index (χ4n) is 2.15. The van der Waals surface area contributed by atoms with Crippen LogP contribution < -0.4 is 4.90 Å². The highest BCUT2D eigenvalue weighted by molar-refractivity contribution is 5.51. The lowest BCUT2D eigenvalue weighted by atomic mass is 9.91. The topological polar surface area (TPSA) is 79.5 Å². The summed E-state index contributed by atoms with van der Waals surface area (Å²) in [5.41, 5.74) is 0.642. The van der Waals surface area contributed by atoms with E-state index < -0.39 is 4.92 Å². The lowest BCUT2D eigenvalue weighted by Crippen LogP contribution is -2.42. The molecule has 0 aromatic carbocycles. The van der Waals surface area contributed by atoms with Gasteiger partial charge in [-0.1, -0.05) is 0 Å². The van der Waals surface area contributed by atoms with Gasteiger partial charge in [-0.15, -0.1) is 0 Å². The SMILES string of the molecule is Cc1cnc(N(CCO)C2CCC2)cc1[N+](=O)[O-]. The average Bonchev–Trinajstić information content (AvgIpc) is 2.26. The van der Waals surface area contributed by atoms with Crippen molar-refractivity contribution in [1.82, 2.24) is 4.98 Å². The minimum atomic E-state index is -0.390. The van der Waals surface area contributed by atoms with E-state index in [0.717, 1.165) is 12.8 Å². The molecule has 0 atom stereocenters. The first-order valence-corrected chi connectivity index (χ1v) is 6.12. The second kappa shape index (κ2) is 5.30. The number of rotatable bonds is 5. The Morgan fingerprint density at radius 2 is 2.33 bits per heavy atom.